The van der Waals surface area contributed by atoms with Crippen molar-refractivity contribution in [2.24, 2.45) is 0 Å². The average molecular weight is 374 g/mol. The van der Waals surface area contributed by atoms with Gasteiger partial charge in [-0.25, -0.2) is 4.39 Å². The van der Waals surface area contributed by atoms with Crippen LogP contribution in [-0.4, -0.2) is 35.7 Å². The fourth-order valence-corrected chi connectivity index (χ4v) is 2.02. The summed E-state index contributed by atoms with van der Waals surface area (Å²) in [5.74, 6) is -0.666. The van der Waals surface area contributed by atoms with Crippen LogP contribution in [0.2, 0.25) is 0 Å². The summed E-state index contributed by atoms with van der Waals surface area (Å²) in [5.41, 5.74) is 3.04. The van der Waals surface area contributed by atoms with Gasteiger partial charge in [0.1, 0.15) is 18.1 Å². The van der Waals surface area contributed by atoms with E-state index in [1.807, 2.05) is 22.6 Å². The predicted molar refractivity (Wildman–Crippen MR) is 76.0 cm³/mol. The van der Waals surface area contributed by atoms with Crippen LogP contribution >= 0.6 is 22.6 Å². The quantitative estimate of drug-likeness (QED) is 0.815. The lowest BCUT2D eigenvalue weighted by Gasteiger charge is -2.31. The Labute approximate surface area is 123 Å². The highest BCUT2D eigenvalue weighted by Gasteiger charge is 2.23. The van der Waals surface area contributed by atoms with Crippen molar-refractivity contribution >= 4 is 40.5 Å². The average Bonchev–Trinajstić information content (AvgIpc) is 2.36. The largest absolute Gasteiger partial charge is 0.318 e. The molecule has 1 N–H and O–H groups in total. The van der Waals surface area contributed by atoms with E-state index in [-0.39, 0.29) is 23.8 Å². The number of hydrogen-bond donors (Lipinski definition) is 1. The van der Waals surface area contributed by atoms with Crippen molar-refractivity contribution in [1.82, 2.24) is 9.91 Å². The van der Waals surface area contributed by atoms with E-state index in [0.717, 1.165) is 3.57 Å². The third kappa shape index (κ3) is 3.03. The summed E-state index contributed by atoms with van der Waals surface area (Å²) in [6.07, 6.45) is 3.06. The zero-order valence-electron chi connectivity index (χ0n) is 9.98. The van der Waals surface area contributed by atoms with Gasteiger partial charge in [-0.1, -0.05) is 0 Å². The summed E-state index contributed by atoms with van der Waals surface area (Å²) >= 11 is 1.99. The van der Waals surface area contributed by atoms with E-state index in [9.17, 15) is 14.0 Å². The first-order chi connectivity index (χ1) is 9.01. The van der Waals surface area contributed by atoms with E-state index in [4.69, 9.17) is 0 Å². The molecule has 0 unspecified atom stereocenters. The molecule has 19 heavy (non-hydrogen) atoms. The van der Waals surface area contributed by atoms with Gasteiger partial charge in [0.15, 0.2) is 0 Å². The molecule has 99 valence electrons. The number of nitrogens with zero attached hydrogens (tertiary/aromatic N) is 2. The first-order valence-electron chi connectivity index (χ1n) is 5.36. The van der Waals surface area contributed by atoms with Crippen molar-refractivity contribution in [1.29, 1.82) is 0 Å². The number of likely N-dealkylation sites (N-methyl/N-ethyl adjacent to an activating group) is 1. The molecule has 7 heteroatoms. The highest BCUT2D eigenvalue weighted by molar-refractivity contribution is 14.1. The zero-order chi connectivity index (χ0) is 14.0. The number of benzene rings is 1. The second-order valence-corrected chi connectivity index (χ2v) is 5.19. The zero-order valence-corrected chi connectivity index (χ0v) is 12.1. The van der Waals surface area contributed by atoms with Crippen molar-refractivity contribution in [3.8, 4) is 0 Å². The van der Waals surface area contributed by atoms with E-state index in [1.165, 1.54) is 22.2 Å². The van der Waals surface area contributed by atoms with Crippen molar-refractivity contribution in [2.45, 2.75) is 0 Å². The molecule has 1 aromatic rings. The molecule has 0 fully saturated rings. The van der Waals surface area contributed by atoms with E-state index in [2.05, 4.69) is 5.43 Å². The number of halogens is 2. The van der Waals surface area contributed by atoms with Crippen LogP contribution in [0.5, 0.6) is 0 Å². The number of carbonyl (C=O) groups is 1. The standard InChI is InChI=1S/C12H10FIN3O2/c1-16-5-9(7-18)17(6-12(16)19)15-11-3-2-8(14)4-10(11)13/h2-5,15H,6H2,1H3. The van der Waals surface area contributed by atoms with Gasteiger partial charge in [-0.3, -0.25) is 20.0 Å². The molecule has 0 bridgehead atoms. The maximum atomic E-state index is 13.7. The highest BCUT2D eigenvalue weighted by atomic mass is 127. The Kier molecular flexibility index (Phi) is 4.03. The third-order valence-corrected chi connectivity index (χ3v) is 3.26. The maximum Gasteiger partial charge on any atom is 0.254 e. The SMILES string of the molecule is CN1C=C([C]=O)N(Nc2ccc(I)cc2F)CC1=O. The number of hydrogen-bond acceptors (Lipinski definition) is 4. The first-order valence-corrected chi connectivity index (χ1v) is 6.44. The van der Waals surface area contributed by atoms with Crippen LogP contribution < -0.4 is 5.43 Å². The maximum absolute atomic E-state index is 13.7. The smallest absolute Gasteiger partial charge is 0.254 e. The van der Waals surface area contributed by atoms with Crippen molar-refractivity contribution < 1.29 is 14.0 Å². The van der Waals surface area contributed by atoms with Crippen molar-refractivity contribution in [3.63, 3.8) is 0 Å². The van der Waals surface area contributed by atoms with E-state index in [1.54, 1.807) is 25.5 Å². The molecule has 1 aromatic carbocycles. The number of rotatable bonds is 3. The molecule has 1 heterocycles. The van der Waals surface area contributed by atoms with Crippen LogP contribution in [0.4, 0.5) is 10.1 Å². The Morgan fingerprint density at radius 3 is 2.84 bits per heavy atom. The van der Waals surface area contributed by atoms with Crippen LogP contribution in [-0.2, 0) is 9.59 Å². The monoisotopic (exact) mass is 374 g/mol. The van der Waals surface area contributed by atoms with Gasteiger partial charge >= 0.3 is 0 Å². The predicted octanol–water partition coefficient (Wildman–Crippen LogP) is 1.48. The molecular weight excluding hydrogens is 364 g/mol. The van der Waals surface area contributed by atoms with Crippen molar-refractivity contribution in [3.05, 3.63) is 39.5 Å². The number of allylic oxidation sites excluding steroid dienone is 1. The Balaban J connectivity index is 2.24. The molecule has 0 atom stereocenters. The molecule has 5 nitrogen and oxygen atoms in total. The topological polar surface area (TPSA) is 52.7 Å². The van der Waals surface area contributed by atoms with Gasteiger partial charge in [0.25, 0.3) is 6.29 Å². The van der Waals surface area contributed by atoms with Crippen LogP contribution in [0.3, 0.4) is 0 Å². The lowest BCUT2D eigenvalue weighted by atomic mass is 10.3. The van der Waals surface area contributed by atoms with Gasteiger partial charge in [0.2, 0.25) is 5.91 Å². The third-order valence-electron chi connectivity index (χ3n) is 2.58. The summed E-state index contributed by atoms with van der Waals surface area (Å²) in [6.45, 7) is -0.0665. The number of hydrazine groups is 1. The van der Waals surface area contributed by atoms with Gasteiger partial charge in [-0.15, -0.1) is 0 Å². The molecule has 1 aliphatic heterocycles. The normalized spacial score (nSPS) is 15.3. The van der Waals surface area contributed by atoms with E-state index in [0.29, 0.717) is 0 Å². The Bertz CT molecular complexity index is 562. The van der Waals surface area contributed by atoms with Crippen molar-refractivity contribution in [2.75, 3.05) is 19.0 Å². The fourth-order valence-electron chi connectivity index (χ4n) is 1.56. The van der Waals surface area contributed by atoms with Crippen LogP contribution in [0, 0.1) is 9.39 Å². The molecule has 0 saturated heterocycles. The van der Waals surface area contributed by atoms with Gasteiger partial charge < -0.3 is 4.90 Å². The number of carbonyl (C=O) groups excluding carboxylic acids is 2. The minimum atomic E-state index is -0.455. The molecule has 1 amide bonds. The molecular formula is C12H10FIN3O2. The molecule has 0 saturated carbocycles. The fraction of sp³-hybridized carbons (Fsp3) is 0.167. The van der Waals surface area contributed by atoms with Crippen LogP contribution in [0.15, 0.2) is 30.1 Å². The Morgan fingerprint density at radius 1 is 1.47 bits per heavy atom. The first kappa shape index (κ1) is 13.8. The summed E-state index contributed by atoms with van der Waals surface area (Å²) in [5, 5.41) is 1.26. The molecule has 0 aromatic heterocycles. The molecule has 2 rings (SSSR count). The molecule has 0 spiro atoms. The lowest BCUT2D eigenvalue weighted by molar-refractivity contribution is -0.129. The minimum absolute atomic E-state index is 0.0665. The van der Waals surface area contributed by atoms with Gasteiger partial charge in [-0.2, -0.15) is 0 Å². The van der Waals surface area contributed by atoms with Crippen LogP contribution in [0.1, 0.15) is 0 Å². The van der Waals surface area contributed by atoms with E-state index < -0.39 is 5.82 Å². The lowest BCUT2D eigenvalue weighted by Crippen LogP contribution is -2.44. The molecule has 1 aliphatic rings. The Hall–Kier alpha value is -1.64. The van der Waals surface area contributed by atoms with Gasteiger partial charge in [0.05, 0.1) is 5.69 Å². The second kappa shape index (κ2) is 5.55. The highest BCUT2D eigenvalue weighted by Crippen LogP contribution is 2.20. The summed E-state index contributed by atoms with van der Waals surface area (Å²) in [7, 11) is 1.54. The van der Waals surface area contributed by atoms with Crippen LogP contribution in [0.25, 0.3) is 0 Å². The number of anilines is 1. The molecule has 1 radical (unpaired) electrons. The number of nitrogens with one attached hydrogen (secondary N) is 1. The summed E-state index contributed by atoms with van der Waals surface area (Å²) < 4.78 is 14.5. The van der Waals surface area contributed by atoms with Gasteiger partial charge in [-0.05, 0) is 40.8 Å². The molecule has 0 aliphatic carbocycles. The summed E-state index contributed by atoms with van der Waals surface area (Å²) in [6, 6.07) is 4.62. The number of amides is 1. The van der Waals surface area contributed by atoms with E-state index >= 15 is 0 Å². The summed E-state index contributed by atoms with van der Waals surface area (Å²) in [4.78, 5) is 23.7. The Morgan fingerprint density at radius 2 is 2.21 bits per heavy atom. The minimum Gasteiger partial charge on any atom is -0.318 e. The van der Waals surface area contributed by atoms with Gasteiger partial charge in [0, 0.05) is 16.8 Å². The second-order valence-electron chi connectivity index (χ2n) is 3.94.